The number of hydrogen-bond donors (Lipinski definition) is 1. The molecule has 3 fully saturated rings. The predicted octanol–water partition coefficient (Wildman–Crippen LogP) is 1.41. The predicted molar refractivity (Wildman–Crippen MR) is 77.0 cm³/mol. The van der Waals surface area contributed by atoms with Crippen molar-refractivity contribution in [1.29, 1.82) is 0 Å². The van der Waals surface area contributed by atoms with Crippen LogP contribution in [0.3, 0.4) is 0 Å². The molecule has 104 valence electrons. The third-order valence-corrected chi connectivity index (χ3v) is 5.29. The second-order valence-electron chi connectivity index (χ2n) is 6.44. The summed E-state index contributed by atoms with van der Waals surface area (Å²) in [5.41, 5.74) is 0. The fourth-order valence-corrected chi connectivity index (χ4v) is 4.13. The lowest BCUT2D eigenvalue weighted by Gasteiger charge is -2.30. The molecule has 0 aromatic heterocycles. The topological polar surface area (TPSA) is 30.9 Å². The van der Waals surface area contributed by atoms with Crippen molar-refractivity contribution in [2.24, 2.45) is 10.9 Å². The van der Waals surface area contributed by atoms with Crippen LogP contribution in [0, 0.1) is 5.92 Å². The normalized spacial score (nSPS) is 35.1. The molecule has 19 heavy (non-hydrogen) atoms. The molecule has 0 aromatic carbocycles. The average molecular weight is 260 g/mol. The van der Waals surface area contributed by atoms with Crippen molar-refractivity contribution >= 4 is 5.84 Å². The average Bonchev–Trinajstić information content (AvgIpc) is 3.15. The van der Waals surface area contributed by atoms with Crippen LogP contribution in [0.25, 0.3) is 0 Å². The van der Waals surface area contributed by atoms with Crippen molar-refractivity contribution in [2.75, 3.05) is 26.3 Å². The highest BCUT2D eigenvalue weighted by atomic mass is 15.3. The maximum absolute atomic E-state index is 4.82. The molecule has 0 amide bonds. The third-order valence-electron chi connectivity index (χ3n) is 5.29. The van der Waals surface area contributed by atoms with E-state index in [0.29, 0.717) is 6.04 Å². The summed E-state index contributed by atoms with van der Waals surface area (Å²) in [5, 5.41) is 3.61. The Labute approximate surface area is 115 Å². The van der Waals surface area contributed by atoms with Gasteiger partial charge in [0.2, 0.25) is 0 Å². The van der Waals surface area contributed by atoms with Gasteiger partial charge in [-0.05, 0) is 37.8 Å². The lowest BCUT2D eigenvalue weighted by molar-refractivity contribution is 0.282. The molecule has 0 aromatic rings. The minimum Gasteiger partial charge on any atom is -0.355 e. The summed E-state index contributed by atoms with van der Waals surface area (Å²) in [7, 11) is 0. The highest BCUT2D eigenvalue weighted by Gasteiger charge is 2.37. The molecule has 1 N–H and O–H groups in total. The van der Waals surface area contributed by atoms with Crippen molar-refractivity contribution in [3.8, 4) is 0 Å². The van der Waals surface area contributed by atoms with E-state index in [9.17, 15) is 0 Å². The van der Waals surface area contributed by atoms with Crippen LogP contribution in [-0.2, 0) is 0 Å². The highest BCUT2D eigenvalue weighted by molar-refractivity contribution is 5.93. The Bertz CT molecular complexity index is 385. The molecule has 1 saturated carbocycles. The van der Waals surface area contributed by atoms with Crippen molar-refractivity contribution in [3.05, 3.63) is 12.3 Å². The van der Waals surface area contributed by atoms with E-state index in [0.717, 1.165) is 25.2 Å². The van der Waals surface area contributed by atoms with E-state index in [1.165, 1.54) is 51.0 Å². The minimum absolute atomic E-state index is 0.712. The summed E-state index contributed by atoms with van der Waals surface area (Å²) in [6, 6.07) is 1.46. The Balaban J connectivity index is 1.38. The van der Waals surface area contributed by atoms with Crippen LogP contribution in [0.4, 0.5) is 0 Å². The summed E-state index contributed by atoms with van der Waals surface area (Å²) < 4.78 is 0. The van der Waals surface area contributed by atoms with E-state index in [4.69, 9.17) is 4.99 Å². The van der Waals surface area contributed by atoms with Gasteiger partial charge in [-0.15, -0.1) is 0 Å². The van der Waals surface area contributed by atoms with E-state index in [1.807, 2.05) is 0 Å². The van der Waals surface area contributed by atoms with Gasteiger partial charge in [0.1, 0.15) is 12.5 Å². The Morgan fingerprint density at radius 2 is 2.05 bits per heavy atom. The van der Waals surface area contributed by atoms with Crippen LogP contribution in [0.2, 0.25) is 0 Å². The molecule has 0 unspecified atom stereocenters. The molecular weight excluding hydrogens is 236 g/mol. The number of rotatable bonds is 1. The highest BCUT2D eigenvalue weighted by Crippen LogP contribution is 2.27. The first kappa shape index (κ1) is 11.8. The Kier molecular flexibility index (Phi) is 2.98. The van der Waals surface area contributed by atoms with Crippen LogP contribution in [-0.4, -0.2) is 54.0 Å². The number of nitrogens with zero attached hydrogens (tertiary/aromatic N) is 3. The van der Waals surface area contributed by atoms with Crippen molar-refractivity contribution in [2.45, 2.75) is 44.2 Å². The summed E-state index contributed by atoms with van der Waals surface area (Å²) >= 11 is 0. The molecular formula is C15H24N4. The standard InChI is InChI=1S/C15H24N4/c1-2-4-13(3-1)18-8-6-15(17-11-18)19-9-12-5-7-16-14(12)10-19/h6,8,12-14,16H,1-5,7,9-11H2/t12-,14+/m1/s1. The molecule has 4 rings (SSSR count). The van der Waals surface area contributed by atoms with Gasteiger partial charge in [0, 0.05) is 31.4 Å². The van der Waals surface area contributed by atoms with E-state index in [1.54, 1.807) is 0 Å². The monoisotopic (exact) mass is 260 g/mol. The zero-order valence-corrected chi connectivity index (χ0v) is 11.6. The number of amidine groups is 1. The zero-order valence-electron chi connectivity index (χ0n) is 11.6. The first-order chi connectivity index (χ1) is 9.40. The Morgan fingerprint density at radius 3 is 2.79 bits per heavy atom. The molecule has 1 aliphatic carbocycles. The summed E-state index contributed by atoms with van der Waals surface area (Å²) in [5.74, 6) is 2.06. The van der Waals surface area contributed by atoms with Gasteiger partial charge in [-0.3, -0.25) is 0 Å². The second-order valence-corrected chi connectivity index (χ2v) is 6.44. The minimum atomic E-state index is 0.712. The van der Waals surface area contributed by atoms with Gasteiger partial charge in [0.05, 0.1) is 0 Å². The van der Waals surface area contributed by atoms with Gasteiger partial charge in [0.15, 0.2) is 0 Å². The summed E-state index contributed by atoms with van der Waals surface area (Å²) in [4.78, 5) is 9.73. The van der Waals surface area contributed by atoms with Crippen LogP contribution in [0.1, 0.15) is 32.1 Å². The van der Waals surface area contributed by atoms with Gasteiger partial charge < -0.3 is 15.1 Å². The van der Waals surface area contributed by atoms with Gasteiger partial charge in [-0.1, -0.05) is 12.8 Å². The summed E-state index contributed by atoms with van der Waals surface area (Å²) in [6.07, 6.45) is 11.4. The van der Waals surface area contributed by atoms with E-state index in [-0.39, 0.29) is 0 Å². The van der Waals surface area contributed by atoms with E-state index in [2.05, 4.69) is 27.4 Å². The Morgan fingerprint density at radius 1 is 1.16 bits per heavy atom. The second kappa shape index (κ2) is 4.82. The smallest absolute Gasteiger partial charge is 0.127 e. The van der Waals surface area contributed by atoms with E-state index >= 15 is 0 Å². The van der Waals surface area contributed by atoms with Crippen LogP contribution >= 0.6 is 0 Å². The number of hydrogen-bond acceptors (Lipinski definition) is 4. The molecule has 0 bridgehead atoms. The molecule has 4 heteroatoms. The van der Waals surface area contributed by atoms with Crippen LogP contribution in [0.15, 0.2) is 17.3 Å². The van der Waals surface area contributed by atoms with Crippen molar-refractivity contribution < 1.29 is 0 Å². The van der Waals surface area contributed by atoms with E-state index < -0.39 is 0 Å². The van der Waals surface area contributed by atoms with Gasteiger partial charge >= 0.3 is 0 Å². The third kappa shape index (κ3) is 2.16. The maximum atomic E-state index is 4.82. The van der Waals surface area contributed by atoms with Gasteiger partial charge in [-0.2, -0.15) is 0 Å². The number of fused-ring (bicyclic) bond motifs is 1. The molecule has 3 aliphatic heterocycles. The first-order valence-corrected chi connectivity index (χ1v) is 7.87. The summed E-state index contributed by atoms with van der Waals surface area (Å²) in [6.45, 7) is 4.43. The maximum Gasteiger partial charge on any atom is 0.127 e. The molecule has 4 aliphatic rings. The molecule has 2 atom stereocenters. The fourth-order valence-electron chi connectivity index (χ4n) is 4.13. The van der Waals surface area contributed by atoms with Crippen LogP contribution in [0.5, 0.6) is 0 Å². The number of likely N-dealkylation sites (tertiary alicyclic amines) is 1. The quantitative estimate of drug-likeness (QED) is 0.773. The molecule has 3 heterocycles. The SMILES string of the molecule is C1=CN(C2CCCC2)CN=C1N1C[C@H]2CCN[C@H]2C1. The van der Waals surface area contributed by atoms with Crippen molar-refractivity contribution in [1.82, 2.24) is 15.1 Å². The molecule has 2 saturated heterocycles. The number of aliphatic imine (C=N–C) groups is 1. The zero-order chi connectivity index (χ0) is 12.7. The fraction of sp³-hybridized carbons (Fsp3) is 0.800. The van der Waals surface area contributed by atoms with Gasteiger partial charge in [-0.25, -0.2) is 4.99 Å². The van der Waals surface area contributed by atoms with Crippen LogP contribution < -0.4 is 5.32 Å². The first-order valence-electron chi connectivity index (χ1n) is 7.87. The number of nitrogens with one attached hydrogen (secondary N) is 1. The van der Waals surface area contributed by atoms with Crippen molar-refractivity contribution in [3.63, 3.8) is 0 Å². The largest absolute Gasteiger partial charge is 0.355 e. The lowest BCUT2D eigenvalue weighted by atomic mass is 10.1. The molecule has 0 spiro atoms. The lowest BCUT2D eigenvalue weighted by Crippen LogP contribution is -2.37. The molecule has 0 radical (unpaired) electrons. The Hall–Kier alpha value is -1.03. The molecule has 4 nitrogen and oxygen atoms in total. The van der Waals surface area contributed by atoms with Gasteiger partial charge in [0.25, 0.3) is 0 Å².